The molecule has 1 rings (SSSR count). The van der Waals surface area contributed by atoms with Crippen LogP contribution in [-0.4, -0.2) is 27.1 Å². The molecule has 0 aliphatic carbocycles. The van der Waals surface area contributed by atoms with E-state index in [0.29, 0.717) is 0 Å². The molecule has 1 aromatic rings. The van der Waals surface area contributed by atoms with E-state index < -0.39 is 7.26 Å². The predicted molar refractivity (Wildman–Crippen MR) is 56.7 cm³/mol. The van der Waals surface area contributed by atoms with Crippen molar-refractivity contribution in [1.82, 2.24) is 0 Å². The molecule has 0 atom stereocenters. The second kappa shape index (κ2) is 5.29. The summed E-state index contributed by atoms with van der Waals surface area (Å²) in [4.78, 5) is 0. The molecule has 0 fully saturated rings. The lowest BCUT2D eigenvalue weighted by Gasteiger charge is -2.10. The molecular formula is C10H17OP. The zero-order chi connectivity index (χ0) is 9.61. The number of hydrogen-bond donors (Lipinski definition) is 0. The monoisotopic (exact) mass is 184 g/mol. The van der Waals surface area contributed by atoms with Gasteiger partial charge in [0.2, 0.25) is 0 Å². The van der Waals surface area contributed by atoms with Crippen LogP contribution < -0.4 is 10.4 Å². The van der Waals surface area contributed by atoms with Crippen LogP contribution in [0.2, 0.25) is 0 Å². The SMILES string of the molecule is C[O-].C[P+](C)(C)c1ccccc1. The minimum atomic E-state index is -0.768. The third kappa shape index (κ3) is 3.85. The quantitative estimate of drug-likeness (QED) is 0.601. The van der Waals surface area contributed by atoms with E-state index in [9.17, 15) is 0 Å². The van der Waals surface area contributed by atoms with Crippen molar-refractivity contribution in [1.29, 1.82) is 0 Å². The summed E-state index contributed by atoms with van der Waals surface area (Å²) >= 11 is 0. The zero-order valence-electron chi connectivity index (χ0n) is 8.24. The van der Waals surface area contributed by atoms with Crippen LogP contribution in [0.4, 0.5) is 0 Å². The Labute approximate surface area is 75.8 Å². The maximum Gasteiger partial charge on any atom is 0.0930 e. The molecule has 0 radical (unpaired) electrons. The van der Waals surface area contributed by atoms with Crippen LogP contribution in [0, 0.1) is 0 Å². The van der Waals surface area contributed by atoms with Crippen LogP contribution in [0.25, 0.3) is 0 Å². The molecule has 0 heterocycles. The molecule has 0 aliphatic rings. The molecule has 1 aromatic carbocycles. The van der Waals surface area contributed by atoms with Gasteiger partial charge >= 0.3 is 0 Å². The van der Waals surface area contributed by atoms with E-state index in [1.54, 1.807) is 0 Å². The molecule has 1 nitrogen and oxygen atoms in total. The van der Waals surface area contributed by atoms with Gasteiger partial charge in [0, 0.05) is 7.26 Å². The van der Waals surface area contributed by atoms with Gasteiger partial charge < -0.3 is 5.11 Å². The highest BCUT2D eigenvalue weighted by Gasteiger charge is 2.19. The Balaban J connectivity index is 0.000000561. The molecule has 0 N–H and O–H groups in total. The van der Waals surface area contributed by atoms with Crippen LogP contribution in [0.1, 0.15) is 0 Å². The highest BCUT2D eigenvalue weighted by molar-refractivity contribution is 7.80. The molecule has 0 unspecified atom stereocenters. The van der Waals surface area contributed by atoms with E-state index in [1.807, 2.05) is 0 Å². The van der Waals surface area contributed by atoms with E-state index in [-0.39, 0.29) is 0 Å². The van der Waals surface area contributed by atoms with Crippen molar-refractivity contribution in [3.63, 3.8) is 0 Å². The fourth-order valence-electron chi connectivity index (χ4n) is 0.875. The first-order chi connectivity index (χ1) is 5.61. The van der Waals surface area contributed by atoms with E-state index in [4.69, 9.17) is 5.11 Å². The van der Waals surface area contributed by atoms with Crippen molar-refractivity contribution < 1.29 is 5.11 Å². The number of benzene rings is 1. The molecule has 12 heavy (non-hydrogen) atoms. The third-order valence-corrected chi connectivity index (χ3v) is 3.38. The summed E-state index contributed by atoms with van der Waals surface area (Å²) in [6, 6.07) is 10.7. The van der Waals surface area contributed by atoms with Gasteiger partial charge in [-0.25, -0.2) is 0 Å². The Kier molecular flexibility index (Phi) is 5.12. The molecule has 0 saturated carbocycles. The highest BCUT2D eigenvalue weighted by atomic mass is 31.2. The Bertz CT molecular complexity index is 201. The molecule has 0 amide bonds. The van der Waals surface area contributed by atoms with Crippen molar-refractivity contribution in [2.24, 2.45) is 0 Å². The maximum atomic E-state index is 8.25. The maximum absolute atomic E-state index is 8.25. The Hall–Kier alpha value is -0.390. The molecular weight excluding hydrogens is 167 g/mol. The number of rotatable bonds is 1. The molecule has 0 spiro atoms. The van der Waals surface area contributed by atoms with E-state index >= 15 is 0 Å². The number of hydrogen-bond acceptors (Lipinski definition) is 1. The van der Waals surface area contributed by atoms with Crippen LogP contribution in [0.5, 0.6) is 0 Å². The van der Waals surface area contributed by atoms with E-state index in [2.05, 4.69) is 50.3 Å². The average Bonchev–Trinajstić information content (AvgIpc) is 2.08. The lowest BCUT2D eigenvalue weighted by Crippen LogP contribution is -2.05. The lowest BCUT2D eigenvalue weighted by molar-refractivity contribution is -0.325. The van der Waals surface area contributed by atoms with Crippen LogP contribution >= 0.6 is 7.26 Å². The lowest BCUT2D eigenvalue weighted by atomic mass is 10.4. The summed E-state index contributed by atoms with van der Waals surface area (Å²) in [5, 5.41) is 9.76. The first kappa shape index (κ1) is 11.6. The largest absolute Gasteiger partial charge is 0.857 e. The summed E-state index contributed by atoms with van der Waals surface area (Å²) in [6.45, 7) is 7.01. The smallest absolute Gasteiger partial charge is 0.0930 e. The first-order valence-corrected chi connectivity index (χ1v) is 7.01. The highest BCUT2D eigenvalue weighted by Crippen LogP contribution is 2.44. The molecule has 2 heteroatoms. The van der Waals surface area contributed by atoms with Gasteiger partial charge in [0.05, 0.1) is 25.3 Å². The fourth-order valence-corrected chi connectivity index (χ4v) is 1.94. The van der Waals surface area contributed by atoms with Gasteiger partial charge in [-0.05, 0) is 12.1 Å². The van der Waals surface area contributed by atoms with Gasteiger partial charge in [-0.2, -0.15) is 7.11 Å². The van der Waals surface area contributed by atoms with E-state index in [0.717, 1.165) is 7.11 Å². The summed E-state index contributed by atoms with van der Waals surface area (Å²) in [5.74, 6) is 0. The van der Waals surface area contributed by atoms with Crippen molar-refractivity contribution >= 4 is 12.6 Å². The summed E-state index contributed by atoms with van der Waals surface area (Å²) in [7, 11) is -0.0181. The molecule has 0 saturated heterocycles. The summed E-state index contributed by atoms with van der Waals surface area (Å²) < 4.78 is 0. The van der Waals surface area contributed by atoms with Crippen LogP contribution in [0.3, 0.4) is 0 Å². The first-order valence-electron chi connectivity index (χ1n) is 3.88. The molecule has 0 aromatic heterocycles. The summed E-state index contributed by atoms with van der Waals surface area (Å²) in [6.07, 6.45) is 0. The van der Waals surface area contributed by atoms with Crippen molar-refractivity contribution in [3.8, 4) is 0 Å². The van der Waals surface area contributed by atoms with Gasteiger partial charge in [0.1, 0.15) is 0 Å². The minimum absolute atomic E-state index is 0.750. The van der Waals surface area contributed by atoms with Crippen molar-refractivity contribution in [3.05, 3.63) is 30.3 Å². The van der Waals surface area contributed by atoms with Gasteiger partial charge in [-0.1, -0.05) is 18.2 Å². The second-order valence-corrected chi connectivity index (χ2v) is 7.89. The van der Waals surface area contributed by atoms with Gasteiger partial charge in [0.25, 0.3) is 0 Å². The van der Waals surface area contributed by atoms with Crippen molar-refractivity contribution in [2.75, 3.05) is 27.1 Å². The van der Waals surface area contributed by atoms with Crippen LogP contribution in [0.15, 0.2) is 30.3 Å². The second-order valence-electron chi connectivity index (χ2n) is 3.35. The van der Waals surface area contributed by atoms with Crippen molar-refractivity contribution in [2.45, 2.75) is 0 Å². The standard InChI is InChI=1S/C9H14P.CH3O/c1-10(2,3)9-7-5-4-6-8-9;1-2/h4-8H,1-3H3;1H3/q+1;-1. The minimum Gasteiger partial charge on any atom is -0.857 e. The normalized spacial score (nSPS) is 10.1. The summed E-state index contributed by atoms with van der Waals surface area (Å²) in [5.41, 5.74) is 0. The molecule has 0 aliphatic heterocycles. The predicted octanol–water partition coefficient (Wildman–Crippen LogP) is 1.20. The topological polar surface area (TPSA) is 23.1 Å². The van der Waals surface area contributed by atoms with Crippen LogP contribution in [-0.2, 0) is 0 Å². The Morgan fingerprint density at radius 1 is 0.917 bits per heavy atom. The molecule has 0 bridgehead atoms. The Morgan fingerprint density at radius 2 is 1.33 bits per heavy atom. The van der Waals surface area contributed by atoms with Gasteiger partial charge in [-0.3, -0.25) is 0 Å². The average molecular weight is 184 g/mol. The fraction of sp³-hybridized carbons (Fsp3) is 0.400. The third-order valence-electron chi connectivity index (χ3n) is 1.53. The van der Waals surface area contributed by atoms with Gasteiger partial charge in [-0.15, -0.1) is 0 Å². The van der Waals surface area contributed by atoms with Gasteiger partial charge in [0.15, 0.2) is 0 Å². The van der Waals surface area contributed by atoms with E-state index in [1.165, 1.54) is 5.30 Å². The molecule has 68 valence electrons. The zero-order valence-corrected chi connectivity index (χ0v) is 9.14. The Morgan fingerprint density at radius 3 is 1.58 bits per heavy atom.